The number of pyridine rings is 1. The standard InChI is InChI=1S/C38H21N3O3.Pt/c1-2-9-33-29(7-1)30-14-12-25(38-40-32-15-13-24(23-37(32)44-38)35-10-5-17-42-35)22-34(30)41(33)28-20-26(31-8-3-4-16-39-31)19-27(21-28)36-11-6-18-43-36;/h1-19,21,23H;/q-2;+2. The average molecular weight is 763 g/mol. The molecule has 0 N–H and O–H groups in total. The molecule has 0 aliphatic heterocycles. The molecule has 0 aliphatic carbocycles. The first-order chi connectivity index (χ1) is 21.8. The summed E-state index contributed by atoms with van der Waals surface area (Å²) in [6, 6.07) is 43.3. The monoisotopic (exact) mass is 762 g/mol. The van der Waals surface area contributed by atoms with E-state index in [1.807, 2.05) is 72.8 Å². The second kappa shape index (κ2) is 10.9. The summed E-state index contributed by atoms with van der Waals surface area (Å²) in [5.41, 5.74) is 8.53. The van der Waals surface area contributed by atoms with E-state index in [0.717, 1.165) is 72.5 Å². The van der Waals surface area contributed by atoms with Gasteiger partial charge in [0.2, 0.25) is 0 Å². The van der Waals surface area contributed by atoms with E-state index in [1.165, 1.54) is 0 Å². The molecule has 0 bridgehead atoms. The number of aromatic nitrogens is 3. The van der Waals surface area contributed by atoms with Gasteiger partial charge in [-0.15, -0.1) is 42.0 Å². The minimum absolute atomic E-state index is 0. The Morgan fingerprint density at radius 1 is 0.644 bits per heavy atom. The molecule has 0 unspecified atom stereocenters. The van der Waals surface area contributed by atoms with Crippen molar-refractivity contribution in [2.24, 2.45) is 0 Å². The summed E-state index contributed by atoms with van der Waals surface area (Å²) in [7, 11) is 0. The van der Waals surface area contributed by atoms with E-state index in [-0.39, 0.29) is 21.1 Å². The second-order valence-electron chi connectivity index (χ2n) is 10.5. The molecule has 9 rings (SSSR count). The molecule has 0 spiro atoms. The van der Waals surface area contributed by atoms with Crippen LogP contribution in [0.15, 0.2) is 141 Å². The Bertz CT molecular complexity index is 2440. The number of benzene rings is 4. The Hall–Kier alpha value is -5.45. The smallest absolute Gasteiger partial charge is 0.481 e. The first-order valence-corrected chi connectivity index (χ1v) is 14.2. The number of hydrogen-bond acceptors (Lipinski definition) is 5. The summed E-state index contributed by atoms with van der Waals surface area (Å²) < 4.78 is 19.9. The van der Waals surface area contributed by atoms with E-state index in [0.29, 0.717) is 11.5 Å². The van der Waals surface area contributed by atoms with Crippen LogP contribution < -0.4 is 0 Å². The van der Waals surface area contributed by atoms with Crippen LogP contribution >= 0.6 is 0 Å². The van der Waals surface area contributed by atoms with Crippen LogP contribution in [0, 0.1) is 12.1 Å². The molecule has 0 fully saturated rings. The largest absolute Gasteiger partial charge is 2.00 e. The van der Waals surface area contributed by atoms with Crippen molar-refractivity contribution in [1.29, 1.82) is 0 Å². The van der Waals surface area contributed by atoms with E-state index in [2.05, 4.69) is 58.1 Å². The van der Waals surface area contributed by atoms with E-state index < -0.39 is 0 Å². The van der Waals surface area contributed by atoms with Crippen molar-refractivity contribution in [2.75, 3.05) is 0 Å². The summed E-state index contributed by atoms with van der Waals surface area (Å²) in [5.74, 6) is 2.04. The van der Waals surface area contributed by atoms with Gasteiger partial charge in [0.05, 0.1) is 18.0 Å². The van der Waals surface area contributed by atoms with Gasteiger partial charge in [0.25, 0.3) is 0 Å². The van der Waals surface area contributed by atoms with E-state index >= 15 is 0 Å². The number of furan rings is 2. The van der Waals surface area contributed by atoms with Crippen molar-refractivity contribution in [2.45, 2.75) is 0 Å². The van der Waals surface area contributed by atoms with Crippen LogP contribution in [0.25, 0.3) is 84.0 Å². The third-order valence-corrected chi connectivity index (χ3v) is 7.85. The number of hydrogen-bond donors (Lipinski definition) is 0. The molecule has 45 heavy (non-hydrogen) atoms. The van der Waals surface area contributed by atoms with Crippen LogP contribution in [0.3, 0.4) is 0 Å². The van der Waals surface area contributed by atoms with Crippen molar-refractivity contribution >= 4 is 32.9 Å². The van der Waals surface area contributed by atoms with E-state index in [4.69, 9.17) is 18.2 Å². The van der Waals surface area contributed by atoms with Crippen LogP contribution in [0.1, 0.15) is 0 Å². The van der Waals surface area contributed by atoms with Crippen LogP contribution in [0.2, 0.25) is 0 Å². The van der Waals surface area contributed by atoms with Crippen LogP contribution in [0.4, 0.5) is 0 Å². The molecule has 0 atom stereocenters. The summed E-state index contributed by atoms with van der Waals surface area (Å²) in [5, 5.41) is 2.18. The molecular weight excluding hydrogens is 742 g/mol. The molecule has 216 valence electrons. The molecule has 7 heteroatoms. The molecule has 4 aromatic carbocycles. The first-order valence-electron chi connectivity index (χ1n) is 14.2. The molecule has 0 saturated carbocycles. The Morgan fingerprint density at radius 2 is 1.47 bits per heavy atom. The summed E-state index contributed by atoms with van der Waals surface area (Å²) in [6.07, 6.45) is 5.14. The molecule has 5 heterocycles. The van der Waals surface area contributed by atoms with Gasteiger partial charge in [-0.3, -0.25) is 4.98 Å². The number of nitrogens with zero attached hydrogens (tertiary/aromatic N) is 3. The van der Waals surface area contributed by atoms with Gasteiger partial charge in [-0.25, -0.2) is 0 Å². The normalized spacial score (nSPS) is 11.4. The predicted octanol–water partition coefficient (Wildman–Crippen LogP) is 9.77. The molecule has 9 aromatic rings. The van der Waals surface area contributed by atoms with Crippen molar-refractivity contribution in [3.63, 3.8) is 0 Å². The Morgan fingerprint density at radius 3 is 2.27 bits per heavy atom. The minimum atomic E-state index is 0. The number of oxazole rings is 1. The number of fused-ring (bicyclic) bond motifs is 4. The summed E-state index contributed by atoms with van der Waals surface area (Å²) in [6.45, 7) is 0. The fourth-order valence-electron chi connectivity index (χ4n) is 5.82. The fraction of sp³-hybridized carbons (Fsp3) is 0. The zero-order chi connectivity index (χ0) is 29.0. The third kappa shape index (κ3) is 4.62. The molecular formula is C38H21N3O3Pt. The van der Waals surface area contributed by atoms with Crippen LogP contribution in [-0.4, -0.2) is 14.5 Å². The van der Waals surface area contributed by atoms with Crippen molar-refractivity contribution < 1.29 is 34.3 Å². The van der Waals surface area contributed by atoms with Gasteiger partial charge >= 0.3 is 21.1 Å². The maximum absolute atomic E-state index is 6.28. The number of para-hydroxylation sites is 1. The zero-order valence-corrected chi connectivity index (χ0v) is 25.8. The van der Waals surface area contributed by atoms with E-state index in [1.54, 1.807) is 18.7 Å². The van der Waals surface area contributed by atoms with Gasteiger partial charge in [0.1, 0.15) is 23.0 Å². The van der Waals surface area contributed by atoms with Crippen molar-refractivity contribution in [3.8, 4) is 51.0 Å². The van der Waals surface area contributed by atoms with Gasteiger partial charge in [-0.1, -0.05) is 46.8 Å². The Balaban J connectivity index is 0.00000300. The molecule has 0 amide bonds. The summed E-state index contributed by atoms with van der Waals surface area (Å²) in [4.78, 5) is 9.41. The van der Waals surface area contributed by atoms with E-state index in [9.17, 15) is 0 Å². The second-order valence-corrected chi connectivity index (χ2v) is 10.5. The van der Waals surface area contributed by atoms with Gasteiger partial charge in [0.15, 0.2) is 0 Å². The molecule has 0 aliphatic rings. The van der Waals surface area contributed by atoms with Crippen molar-refractivity contribution in [1.82, 2.24) is 14.5 Å². The molecule has 0 radical (unpaired) electrons. The minimum Gasteiger partial charge on any atom is -0.481 e. The van der Waals surface area contributed by atoms with Crippen molar-refractivity contribution in [3.05, 3.63) is 140 Å². The van der Waals surface area contributed by atoms with Crippen LogP contribution in [-0.2, 0) is 21.1 Å². The van der Waals surface area contributed by atoms with Gasteiger partial charge < -0.3 is 22.8 Å². The quantitative estimate of drug-likeness (QED) is 0.163. The maximum atomic E-state index is 6.28. The number of rotatable bonds is 5. The first kappa shape index (κ1) is 27.1. The van der Waals surface area contributed by atoms with Gasteiger partial charge in [-0.2, -0.15) is 0 Å². The molecule has 0 saturated heterocycles. The summed E-state index contributed by atoms with van der Waals surface area (Å²) >= 11 is 0. The topological polar surface area (TPSA) is 70.1 Å². The fourth-order valence-corrected chi connectivity index (χ4v) is 5.82. The molecule has 6 nitrogen and oxygen atoms in total. The average Bonchev–Trinajstić information content (AvgIpc) is 3.90. The van der Waals surface area contributed by atoms with Crippen LogP contribution in [0.5, 0.6) is 0 Å². The van der Waals surface area contributed by atoms with Gasteiger partial charge in [0, 0.05) is 17.3 Å². The third-order valence-electron chi connectivity index (χ3n) is 7.85. The molecule has 5 aromatic heterocycles. The Labute approximate surface area is 271 Å². The predicted molar refractivity (Wildman–Crippen MR) is 170 cm³/mol. The SMILES string of the molecule is [Pt+2].[c-]1c(-c2ccccn2)cc(-c2ccco2)cc1-n1c2[c-]c(-c3nc4ccc(-c5ccco5)cc4o3)ccc2c2ccccc21. The zero-order valence-electron chi connectivity index (χ0n) is 23.5. The Kier molecular flexibility index (Phi) is 6.58. The van der Waals surface area contributed by atoms with Gasteiger partial charge in [-0.05, 0) is 76.9 Å². The maximum Gasteiger partial charge on any atom is 2.00 e.